The summed E-state index contributed by atoms with van der Waals surface area (Å²) >= 11 is 0. The van der Waals surface area contributed by atoms with Gasteiger partial charge in [-0.3, -0.25) is 9.67 Å². The van der Waals surface area contributed by atoms with E-state index in [1.54, 1.807) is 17.1 Å². The summed E-state index contributed by atoms with van der Waals surface area (Å²) in [6, 6.07) is 10.0. The Labute approximate surface area is 111 Å². The van der Waals surface area contributed by atoms with Gasteiger partial charge in [0.1, 0.15) is 5.82 Å². The summed E-state index contributed by atoms with van der Waals surface area (Å²) in [6.07, 6.45) is 3.59. The Balaban J connectivity index is 1.88. The third-order valence-corrected chi connectivity index (χ3v) is 3.18. The molecule has 3 N–H and O–H groups in total. The molecule has 0 fully saturated rings. The van der Waals surface area contributed by atoms with Crippen molar-refractivity contribution in [3.05, 3.63) is 48.3 Å². The van der Waals surface area contributed by atoms with E-state index < -0.39 is 0 Å². The molecule has 0 bridgehead atoms. The van der Waals surface area contributed by atoms with Crippen LogP contribution >= 0.6 is 0 Å². The molecule has 3 aromatic rings. The van der Waals surface area contributed by atoms with Gasteiger partial charge in [0.25, 0.3) is 0 Å². The second-order valence-electron chi connectivity index (χ2n) is 4.41. The van der Waals surface area contributed by atoms with E-state index in [2.05, 4.69) is 21.5 Å². The summed E-state index contributed by atoms with van der Waals surface area (Å²) in [7, 11) is 1.83. The summed E-state index contributed by atoms with van der Waals surface area (Å²) in [5, 5.41) is 8.62. The molecule has 19 heavy (non-hydrogen) atoms. The number of nitrogens with one attached hydrogen (secondary N) is 1. The molecule has 0 aliphatic heterocycles. The lowest BCUT2D eigenvalue weighted by Gasteiger charge is -2.08. The molecule has 0 saturated heterocycles. The quantitative estimate of drug-likeness (QED) is 0.750. The van der Waals surface area contributed by atoms with Crippen LogP contribution in [0.3, 0.4) is 0 Å². The van der Waals surface area contributed by atoms with Gasteiger partial charge in [-0.15, -0.1) is 0 Å². The van der Waals surface area contributed by atoms with Crippen LogP contribution in [0.25, 0.3) is 10.9 Å². The predicted molar refractivity (Wildman–Crippen MR) is 76.7 cm³/mol. The molecular formula is C14H15N5. The summed E-state index contributed by atoms with van der Waals surface area (Å²) in [5.41, 5.74) is 8.95. The molecule has 0 unspecified atom stereocenters. The predicted octanol–water partition coefficient (Wildman–Crippen LogP) is 2.16. The maximum atomic E-state index is 5.93. The van der Waals surface area contributed by atoms with Crippen LogP contribution in [-0.4, -0.2) is 14.8 Å². The molecule has 1 aromatic carbocycles. The Kier molecular flexibility index (Phi) is 2.79. The number of aryl methyl sites for hydroxylation is 1. The lowest BCUT2D eigenvalue weighted by Crippen LogP contribution is -2.04. The highest BCUT2D eigenvalue weighted by atomic mass is 15.3. The number of nitrogens with zero attached hydrogens (tertiary/aromatic N) is 3. The number of pyridine rings is 1. The second-order valence-corrected chi connectivity index (χ2v) is 4.41. The third-order valence-electron chi connectivity index (χ3n) is 3.18. The van der Waals surface area contributed by atoms with Crippen molar-refractivity contribution in [2.45, 2.75) is 6.54 Å². The van der Waals surface area contributed by atoms with Crippen LogP contribution < -0.4 is 11.1 Å². The molecule has 0 radical (unpaired) electrons. The zero-order chi connectivity index (χ0) is 13.2. The van der Waals surface area contributed by atoms with E-state index in [-0.39, 0.29) is 0 Å². The molecule has 0 spiro atoms. The average molecular weight is 253 g/mol. The summed E-state index contributed by atoms with van der Waals surface area (Å²) in [5.74, 6) is 0.686. The Morgan fingerprint density at radius 3 is 2.89 bits per heavy atom. The van der Waals surface area contributed by atoms with Gasteiger partial charge in [0, 0.05) is 36.4 Å². The van der Waals surface area contributed by atoms with Crippen molar-refractivity contribution in [2.75, 3.05) is 11.1 Å². The van der Waals surface area contributed by atoms with Crippen molar-refractivity contribution in [3.63, 3.8) is 0 Å². The van der Waals surface area contributed by atoms with Crippen LogP contribution in [-0.2, 0) is 13.6 Å². The first kappa shape index (κ1) is 11.5. The Morgan fingerprint density at radius 2 is 2.11 bits per heavy atom. The number of hydrogen-bond acceptors (Lipinski definition) is 4. The van der Waals surface area contributed by atoms with E-state index in [0.717, 1.165) is 22.2 Å². The van der Waals surface area contributed by atoms with Gasteiger partial charge in [0.05, 0.1) is 11.7 Å². The number of nitrogen functional groups attached to an aromatic ring is 1. The monoisotopic (exact) mass is 253 g/mol. The van der Waals surface area contributed by atoms with E-state index in [4.69, 9.17) is 5.73 Å². The molecule has 96 valence electrons. The first-order valence-corrected chi connectivity index (χ1v) is 6.09. The lowest BCUT2D eigenvalue weighted by atomic mass is 10.2. The van der Waals surface area contributed by atoms with Gasteiger partial charge in [-0.25, -0.2) is 0 Å². The summed E-state index contributed by atoms with van der Waals surface area (Å²) in [6.45, 7) is 0.647. The molecule has 5 heteroatoms. The minimum Gasteiger partial charge on any atom is -0.384 e. The van der Waals surface area contributed by atoms with Crippen molar-refractivity contribution < 1.29 is 0 Å². The molecule has 0 aliphatic rings. The van der Waals surface area contributed by atoms with E-state index in [0.29, 0.717) is 12.4 Å². The number of hydrogen-bond donors (Lipinski definition) is 2. The largest absolute Gasteiger partial charge is 0.384 e. The molecule has 2 aromatic heterocycles. The van der Waals surface area contributed by atoms with E-state index >= 15 is 0 Å². The molecule has 0 saturated carbocycles. The number of anilines is 2. The van der Waals surface area contributed by atoms with Gasteiger partial charge in [0.15, 0.2) is 0 Å². The smallest absolute Gasteiger partial charge is 0.126 e. The zero-order valence-corrected chi connectivity index (χ0v) is 10.7. The number of nitrogens with two attached hydrogens (primary N) is 1. The molecular weight excluding hydrogens is 238 g/mol. The Morgan fingerprint density at radius 1 is 1.26 bits per heavy atom. The minimum absolute atomic E-state index is 0.647. The minimum atomic E-state index is 0.647. The van der Waals surface area contributed by atoms with E-state index in [1.807, 2.05) is 31.3 Å². The van der Waals surface area contributed by atoms with Crippen molar-refractivity contribution in [2.24, 2.45) is 7.05 Å². The molecule has 3 rings (SSSR count). The van der Waals surface area contributed by atoms with E-state index in [9.17, 15) is 0 Å². The van der Waals surface area contributed by atoms with Crippen molar-refractivity contribution in [1.82, 2.24) is 14.8 Å². The molecule has 2 heterocycles. The van der Waals surface area contributed by atoms with Crippen LogP contribution in [0.1, 0.15) is 5.56 Å². The van der Waals surface area contributed by atoms with Crippen LogP contribution in [0.5, 0.6) is 0 Å². The Hall–Kier alpha value is -2.56. The molecule has 0 atom stereocenters. The van der Waals surface area contributed by atoms with Crippen molar-refractivity contribution in [1.29, 1.82) is 0 Å². The zero-order valence-electron chi connectivity index (χ0n) is 10.7. The van der Waals surface area contributed by atoms with Crippen LogP contribution in [0.4, 0.5) is 11.5 Å². The molecule has 0 amide bonds. The first-order chi connectivity index (χ1) is 9.25. The topological polar surface area (TPSA) is 68.8 Å². The summed E-state index contributed by atoms with van der Waals surface area (Å²) in [4.78, 5) is 4.34. The number of fused-ring (bicyclic) bond motifs is 1. The fourth-order valence-corrected chi connectivity index (χ4v) is 2.07. The third kappa shape index (κ3) is 2.10. The average Bonchev–Trinajstić information content (AvgIpc) is 2.76. The van der Waals surface area contributed by atoms with Crippen LogP contribution in [0, 0.1) is 0 Å². The Bertz CT molecular complexity index is 711. The van der Waals surface area contributed by atoms with E-state index in [1.165, 1.54) is 0 Å². The fourth-order valence-electron chi connectivity index (χ4n) is 2.07. The fraction of sp³-hybridized carbons (Fsp3) is 0.143. The maximum Gasteiger partial charge on any atom is 0.126 e. The molecule has 5 nitrogen and oxygen atoms in total. The normalized spacial score (nSPS) is 10.8. The van der Waals surface area contributed by atoms with Crippen LogP contribution in [0.15, 0.2) is 42.7 Å². The van der Waals surface area contributed by atoms with Crippen molar-refractivity contribution >= 4 is 22.4 Å². The summed E-state index contributed by atoms with van der Waals surface area (Å²) < 4.78 is 1.67. The highest BCUT2D eigenvalue weighted by Gasteiger charge is 2.05. The standard InChI is InChI=1S/C14H15N5/c1-19-14(15)10(9-18-19)8-17-13-6-7-16-12-5-3-2-4-11(12)13/h2-7,9H,8,15H2,1H3,(H,16,17). The number of aromatic nitrogens is 3. The van der Waals surface area contributed by atoms with Gasteiger partial charge in [-0.1, -0.05) is 18.2 Å². The van der Waals surface area contributed by atoms with Gasteiger partial charge in [-0.05, 0) is 12.1 Å². The van der Waals surface area contributed by atoms with Crippen LogP contribution in [0.2, 0.25) is 0 Å². The SMILES string of the molecule is Cn1ncc(CNc2ccnc3ccccc23)c1N. The first-order valence-electron chi connectivity index (χ1n) is 6.09. The van der Waals surface area contributed by atoms with Gasteiger partial charge in [-0.2, -0.15) is 5.10 Å². The second kappa shape index (κ2) is 4.61. The number of rotatable bonds is 3. The number of para-hydroxylation sites is 1. The number of benzene rings is 1. The van der Waals surface area contributed by atoms with Gasteiger partial charge < -0.3 is 11.1 Å². The highest BCUT2D eigenvalue weighted by molar-refractivity contribution is 5.90. The lowest BCUT2D eigenvalue weighted by molar-refractivity contribution is 0.778. The van der Waals surface area contributed by atoms with Crippen molar-refractivity contribution in [3.8, 4) is 0 Å². The molecule has 0 aliphatic carbocycles. The maximum absolute atomic E-state index is 5.93. The van der Waals surface area contributed by atoms with Gasteiger partial charge in [0.2, 0.25) is 0 Å². The highest BCUT2D eigenvalue weighted by Crippen LogP contribution is 2.22. The van der Waals surface area contributed by atoms with Gasteiger partial charge >= 0.3 is 0 Å².